The van der Waals surface area contributed by atoms with E-state index in [2.05, 4.69) is 48.1 Å². The molecule has 7 aromatic rings. The Kier molecular flexibility index (Phi) is 18.4. The highest BCUT2D eigenvalue weighted by Gasteiger charge is 2.53. The SMILES string of the molecule is Cc1cc(N(C)c2ccc(-c3cnn(CC4CCCCC4)c3C)c(C(=O)NCCCCCCOc3cc(-c4scnc4C)ccc3CNC(=O)[C@@H]3C[C@@H](O)CN3C(=O)[C@@H](NC(=O)C3(F)CC3)C(C)(C)C)n2)nnc1Nc1nc2ccccc2s1. The van der Waals surface area contributed by atoms with E-state index in [-0.39, 0.29) is 38.3 Å². The highest BCUT2D eigenvalue weighted by molar-refractivity contribution is 7.22. The van der Waals surface area contributed by atoms with Crippen LogP contribution in [0.25, 0.3) is 31.8 Å². The van der Waals surface area contributed by atoms with Crippen molar-refractivity contribution in [2.75, 3.05) is 37.0 Å². The van der Waals surface area contributed by atoms with E-state index in [1.807, 2.05) is 92.7 Å². The summed E-state index contributed by atoms with van der Waals surface area (Å²) in [5, 5.41) is 37.5. The number of hydrogen-bond acceptors (Lipinski definition) is 16. The molecule has 444 valence electrons. The third-order valence-electron chi connectivity index (χ3n) is 16.3. The number of nitrogens with zero attached hydrogens (tertiary/aromatic N) is 9. The number of aliphatic hydroxyl groups is 1. The number of thiazole rings is 2. The number of unbranched alkanes of at least 4 members (excludes halogenated alkanes) is 3. The molecule has 5 N–H and O–H groups in total. The first-order valence-electron chi connectivity index (χ1n) is 29.3. The van der Waals surface area contributed by atoms with Crippen LogP contribution in [-0.4, -0.2) is 119 Å². The number of halogens is 1. The van der Waals surface area contributed by atoms with Crippen LogP contribution in [0.15, 0.2) is 72.4 Å². The molecule has 1 saturated heterocycles. The van der Waals surface area contributed by atoms with Gasteiger partial charge in [-0.15, -0.1) is 21.5 Å². The number of amides is 4. The summed E-state index contributed by atoms with van der Waals surface area (Å²) in [6, 6.07) is 17.5. The Hall–Kier alpha value is -7.43. The first kappa shape index (κ1) is 59.7. The number of aliphatic hydroxyl groups excluding tert-OH is 1. The van der Waals surface area contributed by atoms with Gasteiger partial charge in [-0.3, -0.25) is 23.9 Å². The molecule has 3 aliphatic rings. The number of β-amino-alcohol motifs (C(OH)–C–C–N with tert-alkyl or cyclic N) is 1. The van der Waals surface area contributed by atoms with Gasteiger partial charge in [0.2, 0.25) is 11.8 Å². The number of rotatable bonds is 23. The number of carbonyl (C=O) groups is 4. The van der Waals surface area contributed by atoms with Gasteiger partial charge in [-0.25, -0.2) is 19.3 Å². The highest BCUT2D eigenvalue weighted by atomic mass is 32.1. The van der Waals surface area contributed by atoms with E-state index in [0.29, 0.717) is 53.5 Å². The van der Waals surface area contributed by atoms with Crippen molar-refractivity contribution in [3.8, 4) is 27.3 Å². The van der Waals surface area contributed by atoms with Crippen LogP contribution in [0.1, 0.15) is 131 Å². The number of carbonyl (C=O) groups excluding carboxylic acids is 4. The first-order valence-corrected chi connectivity index (χ1v) is 31.0. The second kappa shape index (κ2) is 25.8. The van der Waals surface area contributed by atoms with Crippen molar-refractivity contribution >= 4 is 79.1 Å². The van der Waals surface area contributed by atoms with Crippen molar-refractivity contribution in [2.45, 2.75) is 156 Å². The second-order valence-electron chi connectivity index (χ2n) is 23.8. The van der Waals surface area contributed by atoms with Crippen LogP contribution < -0.4 is 30.9 Å². The lowest BCUT2D eigenvalue weighted by Crippen LogP contribution is -2.59. The number of likely N-dealkylation sites (tertiary alicyclic amines) is 1. The summed E-state index contributed by atoms with van der Waals surface area (Å²) >= 11 is 3.07. The second-order valence-corrected chi connectivity index (χ2v) is 25.6. The lowest BCUT2D eigenvalue weighted by Gasteiger charge is -2.35. The third-order valence-corrected chi connectivity index (χ3v) is 18.2. The quantitative estimate of drug-likeness (QED) is 0.0375. The van der Waals surface area contributed by atoms with Gasteiger partial charge in [0.1, 0.15) is 29.3 Å². The Balaban J connectivity index is 0.767. The van der Waals surface area contributed by atoms with E-state index in [1.165, 1.54) is 48.3 Å². The molecule has 0 unspecified atom stereocenters. The van der Waals surface area contributed by atoms with Crippen LogP contribution in [0.5, 0.6) is 5.75 Å². The molecule has 6 heterocycles. The molecule has 3 fully saturated rings. The average molecular weight is 1180 g/mol. The normalized spacial score (nSPS) is 17.2. The molecular weight excluding hydrogens is 1110 g/mol. The minimum Gasteiger partial charge on any atom is -0.493 e. The number of fused-ring (bicyclic) bond motifs is 1. The zero-order chi connectivity index (χ0) is 59.3. The number of aryl methyl sites for hydroxylation is 2. The van der Waals surface area contributed by atoms with Crippen molar-refractivity contribution in [1.29, 1.82) is 0 Å². The molecule has 0 spiro atoms. The molecular formula is C62H76FN13O6S2. The summed E-state index contributed by atoms with van der Waals surface area (Å²) in [5.41, 5.74) is 6.17. The van der Waals surface area contributed by atoms with Gasteiger partial charge in [-0.2, -0.15) is 5.10 Å². The van der Waals surface area contributed by atoms with E-state index in [1.54, 1.807) is 37.6 Å². The van der Waals surface area contributed by atoms with E-state index in [0.717, 1.165) is 86.1 Å². The van der Waals surface area contributed by atoms with Crippen LogP contribution in [0.4, 0.5) is 27.0 Å². The van der Waals surface area contributed by atoms with E-state index < -0.39 is 47.0 Å². The van der Waals surface area contributed by atoms with Crippen molar-refractivity contribution in [1.82, 2.24) is 55.8 Å². The van der Waals surface area contributed by atoms with Crippen LogP contribution in [0, 0.1) is 32.1 Å². The van der Waals surface area contributed by atoms with E-state index in [9.17, 15) is 28.7 Å². The summed E-state index contributed by atoms with van der Waals surface area (Å²) in [6.07, 6.45) is 10.3. The Morgan fingerprint density at radius 3 is 2.44 bits per heavy atom. The molecule has 2 aromatic carbocycles. The van der Waals surface area contributed by atoms with Crippen LogP contribution in [0.2, 0.25) is 0 Å². The summed E-state index contributed by atoms with van der Waals surface area (Å²) in [4.78, 5) is 73.5. The van der Waals surface area contributed by atoms with Gasteiger partial charge in [-0.1, -0.05) is 88.5 Å². The van der Waals surface area contributed by atoms with Gasteiger partial charge in [0.25, 0.3) is 11.8 Å². The standard InChI is InChI=1S/C62H76FN13O6S2/c1-37-29-51(72-73-55(37)71-60-68-46-19-13-14-20-49(46)84-60)74(7)50-24-23-44(45-33-67-76(39(45)3)34-40-17-11-10-12-18-40)52(69-50)57(79)64-27-15-8-9-16-28-82-48-30-41(53-38(2)66-36-83-53)21-22-42(48)32-65-56(78)47-31-43(77)35-75(47)58(80)54(61(4,5)6)70-59(81)62(63)25-26-62/h13-14,19-24,29-30,33,36,40,43,47,54,77H,8-12,15-18,25-28,31-32,34-35H2,1-7H3,(H,64,79)(H,65,78)(H,70,81)(H,68,71,73)/t43-,47+,54-/m1/s1. The monoisotopic (exact) mass is 1180 g/mol. The fourth-order valence-corrected chi connectivity index (χ4v) is 12.7. The summed E-state index contributed by atoms with van der Waals surface area (Å²) in [7, 11) is 1.86. The number of hydrogen-bond donors (Lipinski definition) is 5. The molecule has 1 aliphatic heterocycles. The molecule has 2 aliphatic carbocycles. The first-order chi connectivity index (χ1) is 40.3. The number of ether oxygens (including phenoxy) is 1. The van der Waals surface area contributed by atoms with Crippen molar-refractivity contribution in [3.05, 3.63) is 101 Å². The number of para-hydroxylation sites is 1. The number of pyridine rings is 1. The molecule has 84 heavy (non-hydrogen) atoms. The van der Waals surface area contributed by atoms with Gasteiger partial charge in [0.15, 0.2) is 22.4 Å². The Morgan fingerprint density at radius 1 is 0.917 bits per heavy atom. The van der Waals surface area contributed by atoms with Crippen LogP contribution in [0.3, 0.4) is 0 Å². The molecule has 10 rings (SSSR count). The molecule has 22 heteroatoms. The maximum absolute atomic E-state index is 14.8. The predicted octanol–water partition coefficient (Wildman–Crippen LogP) is 10.5. The maximum atomic E-state index is 14.8. The Morgan fingerprint density at radius 2 is 1.70 bits per heavy atom. The van der Waals surface area contributed by atoms with Gasteiger partial charge < -0.3 is 40.9 Å². The lowest BCUT2D eigenvalue weighted by atomic mass is 9.85. The summed E-state index contributed by atoms with van der Waals surface area (Å²) < 4.78 is 24.4. The van der Waals surface area contributed by atoms with E-state index in [4.69, 9.17) is 19.8 Å². The molecule has 0 radical (unpaired) electrons. The number of aromatic nitrogens is 7. The van der Waals surface area contributed by atoms with Crippen molar-refractivity contribution in [3.63, 3.8) is 0 Å². The van der Waals surface area contributed by atoms with Crippen LogP contribution >= 0.6 is 22.7 Å². The maximum Gasteiger partial charge on any atom is 0.270 e. The van der Waals surface area contributed by atoms with Gasteiger partial charge in [0.05, 0.1) is 45.2 Å². The molecule has 3 atom stereocenters. The largest absolute Gasteiger partial charge is 0.493 e. The Labute approximate surface area is 497 Å². The molecule has 4 amide bonds. The lowest BCUT2D eigenvalue weighted by molar-refractivity contribution is -0.145. The Bertz CT molecular complexity index is 3480. The third kappa shape index (κ3) is 13.9. The van der Waals surface area contributed by atoms with E-state index >= 15 is 0 Å². The number of anilines is 4. The average Bonchev–Trinajstić information content (AvgIpc) is 2.59. The minimum atomic E-state index is -1.99. The topological polar surface area (TPSA) is 235 Å². The molecule has 19 nitrogen and oxygen atoms in total. The fourth-order valence-electron chi connectivity index (χ4n) is 11.1. The van der Waals surface area contributed by atoms with Crippen molar-refractivity contribution in [2.24, 2.45) is 11.3 Å². The van der Waals surface area contributed by atoms with Gasteiger partial charge >= 0.3 is 0 Å². The van der Waals surface area contributed by atoms with Crippen molar-refractivity contribution < 1.29 is 33.4 Å². The summed E-state index contributed by atoms with van der Waals surface area (Å²) in [6.45, 7) is 12.9. The fraction of sp³-hybridized carbons (Fsp3) is 0.484. The molecule has 5 aromatic heterocycles. The predicted molar refractivity (Wildman–Crippen MR) is 326 cm³/mol. The zero-order valence-corrected chi connectivity index (χ0v) is 50.6. The van der Waals surface area contributed by atoms with Crippen LogP contribution in [-0.2, 0) is 27.5 Å². The minimum absolute atomic E-state index is 0.0131. The smallest absolute Gasteiger partial charge is 0.270 e. The number of alkyl halides is 1. The molecule has 2 saturated carbocycles. The molecule has 0 bridgehead atoms. The van der Waals surface area contributed by atoms with Gasteiger partial charge in [-0.05, 0) is 118 Å². The summed E-state index contributed by atoms with van der Waals surface area (Å²) in [5.74, 6) is 0.715. The number of benzene rings is 2. The highest BCUT2D eigenvalue weighted by Crippen LogP contribution is 2.41. The number of nitrogens with one attached hydrogen (secondary N) is 4. The van der Waals surface area contributed by atoms with Gasteiger partial charge in [0, 0.05) is 62.0 Å². The zero-order valence-electron chi connectivity index (χ0n) is 49.0.